The highest BCUT2D eigenvalue weighted by Crippen LogP contribution is 2.40. The second kappa shape index (κ2) is 12.5. The summed E-state index contributed by atoms with van der Waals surface area (Å²) in [7, 11) is -2.02. The molecule has 41 heavy (non-hydrogen) atoms. The molecule has 4 rings (SSSR count). The maximum absolute atomic E-state index is 13.4. The van der Waals surface area contributed by atoms with E-state index in [0.29, 0.717) is 49.4 Å². The molecule has 2 aromatic rings. The topological polar surface area (TPSA) is 109 Å². The van der Waals surface area contributed by atoms with E-state index in [1.54, 1.807) is 37.1 Å². The van der Waals surface area contributed by atoms with Crippen LogP contribution in [-0.4, -0.2) is 69.7 Å². The molecular weight excluding hydrogens is 542 g/mol. The minimum absolute atomic E-state index is 0.0401. The van der Waals surface area contributed by atoms with Gasteiger partial charge in [-0.3, -0.25) is 4.31 Å². The Kier molecular flexibility index (Phi) is 9.30. The van der Waals surface area contributed by atoms with E-state index in [2.05, 4.69) is 6.07 Å². The summed E-state index contributed by atoms with van der Waals surface area (Å²) in [5.74, 6) is 0.634. The van der Waals surface area contributed by atoms with Crippen molar-refractivity contribution < 1.29 is 27.4 Å². The molecule has 9 nitrogen and oxygen atoms in total. The second-order valence-corrected chi connectivity index (χ2v) is 13.5. The zero-order chi connectivity index (χ0) is 29.8. The largest absolute Gasteiger partial charge is 0.490 e. The summed E-state index contributed by atoms with van der Waals surface area (Å²) < 4.78 is 45.5. The summed E-state index contributed by atoms with van der Waals surface area (Å²) in [6.07, 6.45) is 3.37. The predicted octanol–water partition coefficient (Wildman–Crippen LogP) is 5.15. The van der Waals surface area contributed by atoms with Gasteiger partial charge >= 0.3 is 6.09 Å². The molecule has 220 valence electrons. The van der Waals surface area contributed by atoms with Gasteiger partial charge in [0.2, 0.25) is 10.0 Å². The van der Waals surface area contributed by atoms with Crippen molar-refractivity contribution in [2.45, 2.75) is 64.7 Å². The standard InChI is InChI=1S/C31H39N3O6S/c1-6-41(36,37)34-28-11-10-27(39-26-12-14-33(15-13-26)30(35)40-31(2,3)4)18-24(28)19-29(34)25(21-38-5)17-22-8-7-9-23(16-22)20-32/h7-11,16-18,26,29H,6,12-15,19,21H2,1-5H3/b25-17-. The van der Waals surface area contributed by atoms with Crippen molar-refractivity contribution in [3.05, 3.63) is 64.7 Å². The summed E-state index contributed by atoms with van der Waals surface area (Å²) in [5, 5.41) is 9.31. The summed E-state index contributed by atoms with van der Waals surface area (Å²) in [6, 6.07) is 14.4. The van der Waals surface area contributed by atoms with Crippen LogP contribution in [0.2, 0.25) is 0 Å². The minimum Gasteiger partial charge on any atom is -0.490 e. The smallest absolute Gasteiger partial charge is 0.410 e. The molecule has 2 aliphatic rings. The predicted molar refractivity (Wildman–Crippen MR) is 158 cm³/mol. The minimum atomic E-state index is -3.60. The Hall–Kier alpha value is -3.55. The number of rotatable bonds is 8. The quantitative estimate of drug-likeness (QED) is 0.424. The molecule has 2 heterocycles. The Morgan fingerprint density at radius 3 is 2.51 bits per heavy atom. The number of nitrogens with zero attached hydrogens (tertiary/aromatic N) is 3. The summed E-state index contributed by atoms with van der Waals surface area (Å²) in [4.78, 5) is 14.1. The number of carbonyl (C=O) groups excluding carboxylic acids is 1. The molecule has 2 aliphatic heterocycles. The Labute approximate surface area is 243 Å². The van der Waals surface area contributed by atoms with Gasteiger partial charge in [0.05, 0.1) is 35.7 Å². The molecule has 0 radical (unpaired) electrons. The zero-order valence-electron chi connectivity index (χ0n) is 24.4. The Morgan fingerprint density at radius 2 is 1.88 bits per heavy atom. The monoisotopic (exact) mass is 581 g/mol. The fourth-order valence-corrected chi connectivity index (χ4v) is 6.58. The first kappa shape index (κ1) is 30.4. The lowest BCUT2D eigenvalue weighted by atomic mass is 10.00. The van der Waals surface area contributed by atoms with Gasteiger partial charge in [0.15, 0.2) is 0 Å². The van der Waals surface area contributed by atoms with Crippen molar-refractivity contribution in [2.24, 2.45) is 0 Å². The molecule has 1 fully saturated rings. The number of ether oxygens (including phenoxy) is 3. The summed E-state index contributed by atoms with van der Waals surface area (Å²) in [6.45, 7) is 8.54. The fourth-order valence-electron chi connectivity index (χ4n) is 5.23. The van der Waals surface area contributed by atoms with Crippen LogP contribution in [0.1, 0.15) is 57.2 Å². The van der Waals surface area contributed by atoms with Crippen molar-refractivity contribution in [2.75, 3.05) is 36.9 Å². The molecule has 0 bridgehead atoms. The van der Waals surface area contributed by atoms with Gasteiger partial charge in [0.25, 0.3) is 0 Å². The van der Waals surface area contributed by atoms with Crippen LogP contribution in [-0.2, 0) is 25.9 Å². The second-order valence-electron chi connectivity index (χ2n) is 11.4. The number of hydrogen-bond donors (Lipinski definition) is 0. The molecule has 1 saturated heterocycles. The van der Waals surface area contributed by atoms with E-state index in [9.17, 15) is 18.5 Å². The molecular formula is C31H39N3O6S. The van der Waals surface area contributed by atoms with E-state index in [1.807, 2.05) is 51.1 Å². The lowest BCUT2D eigenvalue weighted by Gasteiger charge is -2.33. The summed E-state index contributed by atoms with van der Waals surface area (Å²) in [5.41, 5.74) is 3.11. The number of sulfonamides is 1. The number of hydrogen-bond acceptors (Lipinski definition) is 7. The lowest BCUT2D eigenvalue weighted by Crippen LogP contribution is -2.44. The van der Waals surface area contributed by atoms with E-state index in [4.69, 9.17) is 14.2 Å². The van der Waals surface area contributed by atoms with Crippen molar-refractivity contribution in [1.29, 1.82) is 5.26 Å². The van der Waals surface area contributed by atoms with Crippen LogP contribution in [0.3, 0.4) is 0 Å². The molecule has 0 aromatic heterocycles. The van der Waals surface area contributed by atoms with Crippen LogP contribution in [0.5, 0.6) is 5.75 Å². The molecule has 0 aliphatic carbocycles. The first-order valence-electron chi connectivity index (χ1n) is 13.9. The molecule has 10 heteroatoms. The van der Waals surface area contributed by atoms with E-state index in [0.717, 1.165) is 16.7 Å². The zero-order valence-corrected chi connectivity index (χ0v) is 25.2. The SMILES string of the molecule is CCS(=O)(=O)N1c2ccc(OC3CCN(C(=O)OC(C)(C)C)CC3)cc2CC1/C(=C\c1cccc(C#N)c1)COC. The van der Waals surface area contributed by atoms with Crippen LogP contribution in [0.25, 0.3) is 6.08 Å². The number of benzene rings is 2. The van der Waals surface area contributed by atoms with Gasteiger partial charge in [-0.1, -0.05) is 18.2 Å². The van der Waals surface area contributed by atoms with Crippen LogP contribution in [0.4, 0.5) is 10.5 Å². The van der Waals surface area contributed by atoms with Crippen molar-refractivity contribution in [3.63, 3.8) is 0 Å². The van der Waals surface area contributed by atoms with Gasteiger partial charge in [-0.05, 0) is 74.7 Å². The number of amides is 1. The lowest BCUT2D eigenvalue weighted by molar-refractivity contribution is 0.0126. The number of anilines is 1. The molecule has 1 atom stereocenters. The number of likely N-dealkylation sites (tertiary alicyclic amines) is 1. The number of carbonyl (C=O) groups is 1. The third kappa shape index (κ3) is 7.40. The number of methoxy groups -OCH3 is 1. The highest BCUT2D eigenvalue weighted by Gasteiger charge is 2.39. The Bertz CT molecular complexity index is 1430. The molecule has 2 aromatic carbocycles. The highest BCUT2D eigenvalue weighted by atomic mass is 32.2. The van der Waals surface area contributed by atoms with Gasteiger partial charge in [-0.25, -0.2) is 13.2 Å². The number of piperidine rings is 1. The van der Waals surface area contributed by atoms with Crippen molar-refractivity contribution >= 4 is 27.9 Å². The number of fused-ring (bicyclic) bond motifs is 1. The maximum atomic E-state index is 13.4. The Morgan fingerprint density at radius 1 is 1.15 bits per heavy atom. The van der Waals surface area contributed by atoms with Crippen LogP contribution >= 0.6 is 0 Å². The van der Waals surface area contributed by atoms with E-state index >= 15 is 0 Å². The van der Waals surface area contributed by atoms with Gasteiger partial charge in [0, 0.05) is 39.5 Å². The third-order valence-electron chi connectivity index (χ3n) is 7.15. The van der Waals surface area contributed by atoms with E-state index < -0.39 is 21.7 Å². The first-order chi connectivity index (χ1) is 19.4. The van der Waals surface area contributed by atoms with E-state index in [-0.39, 0.29) is 24.6 Å². The molecule has 1 unspecified atom stereocenters. The number of nitriles is 1. The van der Waals surface area contributed by atoms with Gasteiger partial charge in [0.1, 0.15) is 17.5 Å². The van der Waals surface area contributed by atoms with E-state index in [1.165, 1.54) is 4.31 Å². The van der Waals surface area contributed by atoms with Crippen LogP contribution in [0, 0.1) is 11.3 Å². The molecule has 1 amide bonds. The van der Waals surface area contributed by atoms with Crippen molar-refractivity contribution in [1.82, 2.24) is 4.90 Å². The maximum Gasteiger partial charge on any atom is 0.410 e. The average Bonchev–Trinajstić information content (AvgIpc) is 3.32. The molecule has 0 N–H and O–H groups in total. The fraction of sp³-hybridized carbons (Fsp3) is 0.484. The third-order valence-corrected chi connectivity index (χ3v) is 8.93. The average molecular weight is 582 g/mol. The van der Waals surface area contributed by atoms with Gasteiger partial charge < -0.3 is 19.1 Å². The highest BCUT2D eigenvalue weighted by molar-refractivity contribution is 7.92. The van der Waals surface area contributed by atoms with Crippen LogP contribution < -0.4 is 9.04 Å². The van der Waals surface area contributed by atoms with Gasteiger partial charge in [-0.2, -0.15) is 5.26 Å². The first-order valence-corrected chi connectivity index (χ1v) is 15.5. The van der Waals surface area contributed by atoms with Gasteiger partial charge in [-0.15, -0.1) is 0 Å². The molecule has 0 saturated carbocycles. The van der Waals surface area contributed by atoms with Crippen LogP contribution in [0.15, 0.2) is 48.0 Å². The normalized spacial score (nSPS) is 18.1. The van der Waals surface area contributed by atoms with Crippen molar-refractivity contribution in [3.8, 4) is 11.8 Å². The Balaban J connectivity index is 1.55. The summed E-state index contributed by atoms with van der Waals surface area (Å²) >= 11 is 0. The molecule has 0 spiro atoms.